The van der Waals surface area contributed by atoms with Crippen LogP contribution in [0.5, 0.6) is 0 Å². The van der Waals surface area contributed by atoms with Gasteiger partial charge in [0, 0.05) is 44.0 Å². The highest BCUT2D eigenvalue weighted by Crippen LogP contribution is 2.20. The summed E-state index contributed by atoms with van der Waals surface area (Å²) in [5, 5.41) is 6.65. The SMILES string of the molecule is CN=C(NCC(C)(C)NS(C)(=O)=O)NC1CCN(c2ccc(C)cc2)C1. The Kier molecular flexibility index (Phi) is 6.52. The van der Waals surface area contributed by atoms with E-state index in [-0.39, 0.29) is 0 Å². The monoisotopic (exact) mass is 381 g/mol. The molecule has 0 saturated carbocycles. The van der Waals surface area contributed by atoms with Crippen molar-refractivity contribution in [2.45, 2.75) is 38.8 Å². The zero-order valence-electron chi connectivity index (χ0n) is 16.3. The molecule has 7 nitrogen and oxygen atoms in total. The van der Waals surface area contributed by atoms with Gasteiger partial charge in [-0.25, -0.2) is 13.1 Å². The molecule has 26 heavy (non-hydrogen) atoms. The Bertz CT molecular complexity index is 728. The average molecular weight is 382 g/mol. The number of benzene rings is 1. The zero-order chi connectivity index (χ0) is 19.4. The van der Waals surface area contributed by atoms with Crippen LogP contribution in [0.15, 0.2) is 29.3 Å². The molecule has 8 heteroatoms. The summed E-state index contributed by atoms with van der Waals surface area (Å²) in [6.07, 6.45) is 2.19. The number of nitrogens with one attached hydrogen (secondary N) is 3. The standard InChI is InChI=1S/C18H31N5O2S/c1-14-6-8-16(9-7-14)23-11-10-15(12-23)21-17(19-4)20-13-18(2,3)22-26(5,24)25/h6-9,15,22H,10-13H2,1-5H3,(H2,19,20,21). The molecule has 1 aromatic carbocycles. The fourth-order valence-electron chi connectivity index (χ4n) is 3.10. The smallest absolute Gasteiger partial charge is 0.209 e. The topological polar surface area (TPSA) is 85.8 Å². The number of anilines is 1. The zero-order valence-corrected chi connectivity index (χ0v) is 17.2. The summed E-state index contributed by atoms with van der Waals surface area (Å²) >= 11 is 0. The van der Waals surface area contributed by atoms with Crippen LogP contribution in [0.25, 0.3) is 0 Å². The van der Waals surface area contributed by atoms with Crippen molar-refractivity contribution in [3.63, 3.8) is 0 Å². The minimum atomic E-state index is -3.26. The number of aliphatic imine (C=N–C) groups is 1. The molecule has 1 fully saturated rings. The third-order valence-electron chi connectivity index (χ3n) is 4.31. The van der Waals surface area contributed by atoms with Crippen LogP contribution in [-0.2, 0) is 10.0 Å². The first-order valence-electron chi connectivity index (χ1n) is 8.86. The fraction of sp³-hybridized carbons (Fsp3) is 0.611. The van der Waals surface area contributed by atoms with Crippen molar-refractivity contribution in [1.29, 1.82) is 0 Å². The third kappa shape index (κ3) is 6.49. The van der Waals surface area contributed by atoms with E-state index in [0.717, 1.165) is 19.5 Å². The van der Waals surface area contributed by atoms with Crippen LogP contribution in [0.3, 0.4) is 0 Å². The van der Waals surface area contributed by atoms with Gasteiger partial charge in [0.25, 0.3) is 0 Å². The molecule has 146 valence electrons. The Morgan fingerprint density at radius 3 is 2.54 bits per heavy atom. The summed E-state index contributed by atoms with van der Waals surface area (Å²) in [5.41, 5.74) is 1.90. The van der Waals surface area contributed by atoms with Crippen molar-refractivity contribution < 1.29 is 8.42 Å². The number of sulfonamides is 1. The summed E-state index contributed by atoms with van der Waals surface area (Å²) in [5.74, 6) is 0.684. The number of hydrogen-bond acceptors (Lipinski definition) is 4. The summed E-state index contributed by atoms with van der Waals surface area (Å²) in [6, 6.07) is 8.88. The van der Waals surface area contributed by atoms with Crippen molar-refractivity contribution in [2.24, 2.45) is 4.99 Å². The van der Waals surface area contributed by atoms with E-state index in [1.165, 1.54) is 17.5 Å². The van der Waals surface area contributed by atoms with Crippen LogP contribution in [0.4, 0.5) is 5.69 Å². The first kappa shape index (κ1) is 20.5. The van der Waals surface area contributed by atoms with Crippen molar-refractivity contribution >= 4 is 21.7 Å². The molecular weight excluding hydrogens is 350 g/mol. The van der Waals surface area contributed by atoms with Gasteiger partial charge in [-0.3, -0.25) is 4.99 Å². The van der Waals surface area contributed by atoms with Crippen molar-refractivity contribution in [3.05, 3.63) is 29.8 Å². The van der Waals surface area contributed by atoms with Gasteiger partial charge in [-0.1, -0.05) is 17.7 Å². The highest BCUT2D eigenvalue weighted by atomic mass is 32.2. The van der Waals surface area contributed by atoms with Gasteiger partial charge in [0.15, 0.2) is 5.96 Å². The molecule has 0 spiro atoms. The Labute approximate surface area is 157 Å². The Balaban J connectivity index is 1.86. The van der Waals surface area contributed by atoms with Gasteiger partial charge < -0.3 is 15.5 Å². The van der Waals surface area contributed by atoms with Gasteiger partial charge in [0.05, 0.1) is 6.26 Å². The quantitative estimate of drug-likeness (QED) is 0.507. The van der Waals surface area contributed by atoms with E-state index in [1.807, 2.05) is 13.8 Å². The maximum Gasteiger partial charge on any atom is 0.209 e. The van der Waals surface area contributed by atoms with E-state index < -0.39 is 15.6 Å². The first-order chi connectivity index (χ1) is 12.1. The minimum Gasteiger partial charge on any atom is -0.369 e. The molecule has 2 rings (SSSR count). The minimum absolute atomic E-state index is 0.300. The maximum absolute atomic E-state index is 11.4. The summed E-state index contributed by atoms with van der Waals surface area (Å²) in [6.45, 7) is 8.11. The fourth-order valence-corrected chi connectivity index (χ4v) is 4.17. The van der Waals surface area contributed by atoms with Crippen LogP contribution in [0.2, 0.25) is 0 Å². The average Bonchev–Trinajstić information content (AvgIpc) is 2.98. The molecule has 1 atom stereocenters. The van der Waals surface area contributed by atoms with Crippen molar-refractivity contribution in [2.75, 3.05) is 37.8 Å². The summed E-state index contributed by atoms with van der Waals surface area (Å²) in [7, 11) is -1.54. The molecule has 0 radical (unpaired) electrons. The highest BCUT2D eigenvalue weighted by molar-refractivity contribution is 7.88. The van der Waals surface area contributed by atoms with Gasteiger partial charge in [-0.2, -0.15) is 0 Å². The second-order valence-corrected chi connectivity index (χ2v) is 9.34. The van der Waals surface area contributed by atoms with Gasteiger partial charge in [0.2, 0.25) is 10.0 Å². The molecule has 0 bridgehead atoms. The number of nitrogens with zero attached hydrogens (tertiary/aromatic N) is 2. The second-order valence-electron chi connectivity index (χ2n) is 7.60. The highest BCUT2D eigenvalue weighted by Gasteiger charge is 2.25. The molecule has 1 unspecified atom stereocenters. The lowest BCUT2D eigenvalue weighted by atomic mass is 10.1. The van der Waals surface area contributed by atoms with E-state index in [9.17, 15) is 8.42 Å². The molecule has 1 heterocycles. The lowest BCUT2D eigenvalue weighted by Gasteiger charge is -2.27. The van der Waals surface area contributed by atoms with E-state index in [2.05, 4.69) is 56.4 Å². The van der Waals surface area contributed by atoms with Gasteiger partial charge in [-0.15, -0.1) is 0 Å². The lowest BCUT2D eigenvalue weighted by molar-refractivity contribution is 0.445. The predicted molar refractivity (Wildman–Crippen MR) is 108 cm³/mol. The molecule has 1 aliphatic heterocycles. The van der Waals surface area contributed by atoms with E-state index in [4.69, 9.17) is 0 Å². The Morgan fingerprint density at radius 1 is 1.31 bits per heavy atom. The van der Waals surface area contributed by atoms with Crippen LogP contribution in [0.1, 0.15) is 25.8 Å². The Morgan fingerprint density at radius 2 is 1.96 bits per heavy atom. The molecule has 1 aliphatic rings. The lowest BCUT2D eigenvalue weighted by Crippen LogP contribution is -2.54. The molecular formula is C18H31N5O2S. The number of aryl methyl sites for hydroxylation is 1. The molecule has 0 aliphatic carbocycles. The van der Waals surface area contributed by atoms with Crippen LogP contribution in [-0.4, -0.2) is 58.9 Å². The van der Waals surface area contributed by atoms with Crippen LogP contribution in [0, 0.1) is 6.92 Å². The first-order valence-corrected chi connectivity index (χ1v) is 10.7. The van der Waals surface area contributed by atoms with Gasteiger partial charge in [0.1, 0.15) is 0 Å². The maximum atomic E-state index is 11.4. The van der Waals surface area contributed by atoms with Crippen LogP contribution < -0.4 is 20.3 Å². The molecule has 3 N–H and O–H groups in total. The largest absolute Gasteiger partial charge is 0.369 e. The van der Waals surface area contributed by atoms with Crippen molar-refractivity contribution in [3.8, 4) is 0 Å². The molecule has 0 aromatic heterocycles. The van der Waals surface area contributed by atoms with Gasteiger partial charge in [-0.05, 0) is 39.3 Å². The van der Waals surface area contributed by atoms with E-state index in [0.29, 0.717) is 18.5 Å². The molecule has 1 saturated heterocycles. The molecule has 1 aromatic rings. The number of rotatable bonds is 6. The third-order valence-corrected chi connectivity index (χ3v) is 5.23. The van der Waals surface area contributed by atoms with Crippen molar-refractivity contribution in [1.82, 2.24) is 15.4 Å². The van der Waals surface area contributed by atoms with E-state index in [1.54, 1.807) is 7.05 Å². The number of hydrogen-bond donors (Lipinski definition) is 3. The van der Waals surface area contributed by atoms with Crippen LogP contribution >= 0.6 is 0 Å². The summed E-state index contributed by atoms with van der Waals surface area (Å²) in [4.78, 5) is 6.62. The van der Waals surface area contributed by atoms with E-state index >= 15 is 0 Å². The number of guanidine groups is 1. The molecule has 0 amide bonds. The van der Waals surface area contributed by atoms with Gasteiger partial charge >= 0.3 is 0 Å². The Hall–Kier alpha value is -1.80. The predicted octanol–water partition coefficient (Wildman–Crippen LogP) is 1.07. The normalized spacial score (nSPS) is 18.9. The summed E-state index contributed by atoms with van der Waals surface area (Å²) < 4.78 is 25.5. The second kappa shape index (κ2) is 8.26.